The lowest BCUT2D eigenvalue weighted by molar-refractivity contribution is 0.139. The number of β-amino-alcohol motifs (C(OH)–C–C–N with tert-alkyl or cyclic N) is 1. The first-order chi connectivity index (χ1) is 14.4. The van der Waals surface area contributed by atoms with E-state index < -0.39 is 6.17 Å². The quantitative estimate of drug-likeness (QED) is 0.715. The molecule has 0 amide bonds. The molecule has 1 unspecified atom stereocenters. The monoisotopic (exact) mass is 410 g/mol. The van der Waals surface area contributed by atoms with Crippen LogP contribution in [-0.4, -0.2) is 75.3 Å². The van der Waals surface area contributed by atoms with Crippen LogP contribution in [0.15, 0.2) is 24.4 Å². The summed E-state index contributed by atoms with van der Waals surface area (Å²) in [6, 6.07) is 6.09. The second kappa shape index (κ2) is 7.28. The molecule has 2 saturated heterocycles. The molecule has 2 aliphatic rings. The molecule has 5 rings (SSSR count). The van der Waals surface area contributed by atoms with E-state index in [0.29, 0.717) is 31.3 Å². The highest BCUT2D eigenvalue weighted by Crippen LogP contribution is 2.35. The number of aliphatic hydroxyl groups excluding tert-OH is 1. The number of alkyl halides is 1. The maximum Gasteiger partial charge on any atom is 0.159 e. The van der Waals surface area contributed by atoms with Crippen LogP contribution in [-0.2, 0) is 0 Å². The van der Waals surface area contributed by atoms with Crippen molar-refractivity contribution in [2.75, 3.05) is 38.1 Å². The van der Waals surface area contributed by atoms with Gasteiger partial charge in [0.1, 0.15) is 17.8 Å². The van der Waals surface area contributed by atoms with Gasteiger partial charge < -0.3 is 14.9 Å². The van der Waals surface area contributed by atoms with E-state index in [1.807, 2.05) is 35.8 Å². The van der Waals surface area contributed by atoms with Crippen LogP contribution in [0, 0.1) is 13.8 Å². The molecule has 0 radical (unpaired) electrons. The van der Waals surface area contributed by atoms with Crippen molar-refractivity contribution < 1.29 is 9.50 Å². The molecule has 1 aromatic carbocycles. The van der Waals surface area contributed by atoms with Gasteiger partial charge in [0.05, 0.1) is 17.8 Å². The number of piperidine rings is 1. The van der Waals surface area contributed by atoms with Crippen molar-refractivity contribution in [3.05, 3.63) is 41.3 Å². The highest BCUT2D eigenvalue weighted by Gasteiger charge is 2.30. The molecule has 158 valence electrons. The number of nitrogens with zero attached hydrogens (tertiary/aromatic N) is 6. The van der Waals surface area contributed by atoms with Crippen molar-refractivity contribution in [2.24, 2.45) is 0 Å². The lowest BCUT2D eigenvalue weighted by Crippen LogP contribution is -2.51. The normalized spacial score (nSPS) is 23.2. The SMILES string of the molecule is Cc1nc(N2CC(O)C2)cc(-n2ncc3cc(C)c([C@H]4CCN(C)CC4F)cc32)n1. The molecule has 4 heterocycles. The number of likely N-dealkylation sites (tertiary alicyclic amines) is 1. The Hall–Kier alpha value is -2.58. The topological polar surface area (TPSA) is 70.3 Å². The summed E-state index contributed by atoms with van der Waals surface area (Å²) in [5.41, 5.74) is 3.09. The Balaban J connectivity index is 1.56. The smallest absolute Gasteiger partial charge is 0.159 e. The minimum absolute atomic E-state index is 0.0979. The molecule has 2 aromatic heterocycles. The molecule has 2 atom stereocenters. The summed E-state index contributed by atoms with van der Waals surface area (Å²) in [4.78, 5) is 13.2. The van der Waals surface area contributed by atoms with Crippen molar-refractivity contribution >= 4 is 16.7 Å². The van der Waals surface area contributed by atoms with Gasteiger partial charge in [0.25, 0.3) is 0 Å². The number of rotatable bonds is 3. The number of aliphatic hydroxyl groups is 1. The molecule has 30 heavy (non-hydrogen) atoms. The maximum absolute atomic E-state index is 14.9. The van der Waals surface area contributed by atoms with Crippen LogP contribution >= 0.6 is 0 Å². The molecule has 1 N–H and O–H groups in total. The Labute approximate surface area is 175 Å². The predicted molar refractivity (Wildman–Crippen MR) is 114 cm³/mol. The van der Waals surface area contributed by atoms with Crippen molar-refractivity contribution in [3.63, 3.8) is 0 Å². The molecular formula is C22H27FN6O. The maximum atomic E-state index is 14.9. The zero-order valence-electron chi connectivity index (χ0n) is 17.6. The van der Waals surface area contributed by atoms with Crippen LogP contribution in [0.5, 0.6) is 0 Å². The Kier molecular flexibility index (Phi) is 4.71. The van der Waals surface area contributed by atoms with E-state index in [4.69, 9.17) is 0 Å². The number of benzene rings is 1. The van der Waals surface area contributed by atoms with E-state index in [9.17, 15) is 9.50 Å². The first kappa shape index (κ1) is 19.4. The zero-order valence-corrected chi connectivity index (χ0v) is 17.6. The van der Waals surface area contributed by atoms with Gasteiger partial charge in [0, 0.05) is 37.0 Å². The molecule has 2 fully saturated rings. The number of aryl methyl sites for hydroxylation is 2. The molecule has 2 aliphatic heterocycles. The standard InChI is InChI=1S/C22H27FN6O/c1-13-6-15-9-24-29(20(15)7-18(13)17-4-5-27(3)12-19(17)23)22-8-21(25-14(2)26-22)28-10-16(30)11-28/h6-9,16-17,19,30H,4-5,10-12H2,1-3H3/t17-,19?/m1/s1. The van der Waals surface area contributed by atoms with Gasteiger partial charge in [-0.2, -0.15) is 5.10 Å². The van der Waals surface area contributed by atoms with Crippen LogP contribution in [0.4, 0.5) is 10.2 Å². The third-order valence-corrected chi connectivity index (χ3v) is 6.31. The largest absolute Gasteiger partial charge is 0.389 e. The van der Waals surface area contributed by atoms with E-state index in [2.05, 4.69) is 39.0 Å². The molecule has 0 spiro atoms. The molecule has 0 bridgehead atoms. The number of aromatic nitrogens is 4. The summed E-state index contributed by atoms with van der Waals surface area (Å²) in [6.45, 7) is 6.44. The average molecular weight is 410 g/mol. The van der Waals surface area contributed by atoms with Gasteiger partial charge in [-0.15, -0.1) is 0 Å². The van der Waals surface area contributed by atoms with Crippen molar-refractivity contribution in [2.45, 2.75) is 38.5 Å². The second-order valence-electron chi connectivity index (χ2n) is 8.69. The van der Waals surface area contributed by atoms with E-state index in [1.54, 1.807) is 0 Å². The summed E-state index contributed by atoms with van der Waals surface area (Å²) in [7, 11) is 1.97. The third-order valence-electron chi connectivity index (χ3n) is 6.31. The van der Waals surface area contributed by atoms with Crippen molar-refractivity contribution in [1.82, 2.24) is 24.6 Å². The van der Waals surface area contributed by atoms with Crippen LogP contribution < -0.4 is 4.90 Å². The van der Waals surface area contributed by atoms with E-state index in [0.717, 1.165) is 40.8 Å². The number of halogens is 1. The lowest BCUT2D eigenvalue weighted by Gasteiger charge is -2.36. The molecule has 0 saturated carbocycles. The molecule has 0 aliphatic carbocycles. The Bertz CT molecular complexity index is 1090. The van der Waals surface area contributed by atoms with Gasteiger partial charge in [0.15, 0.2) is 5.82 Å². The summed E-state index contributed by atoms with van der Waals surface area (Å²) >= 11 is 0. The van der Waals surface area contributed by atoms with Gasteiger partial charge >= 0.3 is 0 Å². The average Bonchev–Trinajstić information content (AvgIpc) is 3.07. The zero-order chi connectivity index (χ0) is 21.0. The first-order valence-corrected chi connectivity index (χ1v) is 10.5. The fourth-order valence-electron chi connectivity index (χ4n) is 4.64. The summed E-state index contributed by atoms with van der Waals surface area (Å²) in [5, 5.41) is 15.2. The molecule has 7 nitrogen and oxygen atoms in total. The fourth-order valence-corrected chi connectivity index (χ4v) is 4.64. The van der Waals surface area contributed by atoms with Gasteiger partial charge in [0.2, 0.25) is 0 Å². The van der Waals surface area contributed by atoms with E-state index in [-0.39, 0.29) is 12.0 Å². The summed E-state index contributed by atoms with van der Waals surface area (Å²) < 4.78 is 16.7. The Morgan fingerprint density at radius 2 is 1.83 bits per heavy atom. The van der Waals surface area contributed by atoms with E-state index in [1.165, 1.54) is 0 Å². The van der Waals surface area contributed by atoms with E-state index >= 15 is 0 Å². The number of fused-ring (bicyclic) bond motifs is 1. The molecule has 3 aromatic rings. The Morgan fingerprint density at radius 3 is 2.57 bits per heavy atom. The van der Waals surface area contributed by atoms with Crippen LogP contribution in [0.3, 0.4) is 0 Å². The number of hydrogen-bond donors (Lipinski definition) is 1. The number of anilines is 1. The molecule has 8 heteroatoms. The van der Waals surface area contributed by atoms with Gasteiger partial charge in [-0.05, 0) is 57.1 Å². The highest BCUT2D eigenvalue weighted by molar-refractivity contribution is 5.82. The lowest BCUT2D eigenvalue weighted by atomic mass is 9.85. The highest BCUT2D eigenvalue weighted by atomic mass is 19.1. The van der Waals surface area contributed by atoms with Crippen LogP contribution in [0.25, 0.3) is 16.7 Å². The second-order valence-corrected chi connectivity index (χ2v) is 8.69. The van der Waals surface area contributed by atoms with Crippen LogP contribution in [0.2, 0.25) is 0 Å². The third kappa shape index (κ3) is 3.33. The molecular weight excluding hydrogens is 383 g/mol. The van der Waals surface area contributed by atoms with Gasteiger partial charge in [-0.3, -0.25) is 0 Å². The minimum Gasteiger partial charge on any atom is -0.389 e. The number of hydrogen-bond acceptors (Lipinski definition) is 6. The predicted octanol–water partition coefficient (Wildman–Crippen LogP) is 2.37. The minimum atomic E-state index is -0.873. The van der Waals surface area contributed by atoms with Crippen LogP contribution in [0.1, 0.15) is 29.3 Å². The fraction of sp³-hybridized carbons (Fsp3) is 0.500. The Morgan fingerprint density at radius 1 is 1.07 bits per heavy atom. The van der Waals surface area contributed by atoms with Crippen molar-refractivity contribution in [3.8, 4) is 5.82 Å². The van der Waals surface area contributed by atoms with Crippen molar-refractivity contribution in [1.29, 1.82) is 0 Å². The summed E-state index contributed by atoms with van der Waals surface area (Å²) in [5.74, 6) is 2.03. The van der Waals surface area contributed by atoms with Gasteiger partial charge in [-0.1, -0.05) is 0 Å². The first-order valence-electron chi connectivity index (χ1n) is 10.5. The summed E-state index contributed by atoms with van der Waals surface area (Å²) in [6.07, 6.45) is 1.47. The van der Waals surface area contributed by atoms with Gasteiger partial charge in [-0.25, -0.2) is 19.0 Å².